The van der Waals surface area contributed by atoms with Crippen LogP contribution in [0.15, 0.2) is 66.9 Å². The largest absolute Gasteiger partial charge is 0.489 e. The van der Waals surface area contributed by atoms with Crippen LogP contribution in [0.3, 0.4) is 0 Å². The molecule has 0 radical (unpaired) electrons. The summed E-state index contributed by atoms with van der Waals surface area (Å²) < 4.78 is 7.44. The lowest BCUT2D eigenvalue weighted by molar-refractivity contribution is 0.306. The van der Waals surface area contributed by atoms with Crippen LogP contribution in [0.1, 0.15) is 5.56 Å². The number of fused-ring (bicyclic) bond motifs is 1. The van der Waals surface area contributed by atoms with Crippen LogP contribution >= 0.6 is 0 Å². The third-order valence-corrected chi connectivity index (χ3v) is 3.66. The highest BCUT2D eigenvalue weighted by Crippen LogP contribution is 2.23. The van der Waals surface area contributed by atoms with E-state index in [2.05, 4.69) is 15.1 Å². The lowest BCUT2D eigenvalue weighted by Crippen LogP contribution is -1.97. The van der Waals surface area contributed by atoms with Gasteiger partial charge in [-0.3, -0.25) is 0 Å². The summed E-state index contributed by atoms with van der Waals surface area (Å²) in [5.74, 6) is 1.50. The molecule has 2 aromatic heterocycles. The first-order valence-corrected chi connectivity index (χ1v) is 7.54. The van der Waals surface area contributed by atoms with E-state index in [0.717, 1.165) is 22.6 Å². The first-order chi connectivity index (χ1) is 11.8. The number of nitrogens with two attached hydrogens (primary N) is 1. The van der Waals surface area contributed by atoms with Gasteiger partial charge in [-0.2, -0.15) is 9.50 Å². The summed E-state index contributed by atoms with van der Waals surface area (Å²) >= 11 is 0. The van der Waals surface area contributed by atoms with Gasteiger partial charge < -0.3 is 10.5 Å². The molecule has 0 saturated carbocycles. The van der Waals surface area contributed by atoms with E-state index in [0.29, 0.717) is 12.4 Å². The van der Waals surface area contributed by atoms with Crippen molar-refractivity contribution in [1.29, 1.82) is 0 Å². The van der Waals surface area contributed by atoms with Crippen LogP contribution in [0.25, 0.3) is 17.0 Å². The van der Waals surface area contributed by atoms with Crippen LogP contribution in [-0.2, 0) is 6.61 Å². The van der Waals surface area contributed by atoms with Crippen molar-refractivity contribution in [3.8, 4) is 17.0 Å². The van der Waals surface area contributed by atoms with E-state index in [1.807, 2.05) is 60.7 Å². The van der Waals surface area contributed by atoms with Crippen molar-refractivity contribution in [2.24, 2.45) is 0 Å². The number of nitrogens with zero attached hydrogens (tertiary/aromatic N) is 4. The van der Waals surface area contributed by atoms with Gasteiger partial charge in [0.25, 0.3) is 5.78 Å². The third-order valence-electron chi connectivity index (χ3n) is 3.66. The number of aromatic nitrogens is 4. The Morgan fingerprint density at radius 1 is 0.958 bits per heavy atom. The molecule has 0 unspecified atom stereocenters. The van der Waals surface area contributed by atoms with Gasteiger partial charge in [0.05, 0.1) is 5.69 Å². The van der Waals surface area contributed by atoms with Gasteiger partial charge in [-0.15, -0.1) is 5.10 Å². The fraction of sp³-hybridized carbons (Fsp3) is 0.0556. The molecule has 0 aliphatic rings. The normalized spacial score (nSPS) is 10.8. The second-order valence-corrected chi connectivity index (χ2v) is 5.31. The molecule has 2 heterocycles. The molecule has 0 spiro atoms. The van der Waals surface area contributed by atoms with Crippen molar-refractivity contribution in [1.82, 2.24) is 19.6 Å². The van der Waals surface area contributed by atoms with Gasteiger partial charge >= 0.3 is 0 Å². The summed E-state index contributed by atoms with van der Waals surface area (Å²) in [5.41, 5.74) is 8.65. The van der Waals surface area contributed by atoms with E-state index in [1.165, 1.54) is 0 Å². The van der Waals surface area contributed by atoms with E-state index in [4.69, 9.17) is 10.5 Å². The van der Waals surface area contributed by atoms with Gasteiger partial charge in [-0.05, 0) is 35.9 Å². The quantitative estimate of drug-likeness (QED) is 0.626. The third kappa shape index (κ3) is 2.77. The van der Waals surface area contributed by atoms with Crippen LogP contribution < -0.4 is 10.5 Å². The molecule has 0 aliphatic heterocycles. The first-order valence-electron chi connectivity index (χ1n) is 7.54. The molecule has 2 aromatic carbocycles. The molecule has 2 N–H and O–H groups in total. The van der Waals surface area contributed by atoms with Crippen molar-refractivity contribution in [3.63, 3.8) is 0 Å². The second-order valence-electron chi connectivity index (χ2n) is 5.31. The molecule has 118 valence electrons. The molecule has 24 heavy (non-hydrogen) atoms. The monoisotopic (exact) mass is 317 g/mol. The number of ether oxygens (including phenoxy) is 1. The first kappa shape index (κ1) is 14.2. The van der Waals surface area contributed by atoms with Crippen LogP contribution in [0, 0.1) is 0 Å². The molecule has 4 aromatic rings. The number of hydrogen-bond acceptors (Lipinski definition) is 5. The molecule has 0 fully saturated rings. The van der Waals surface area contributed by atoms with E-state index in [-0.39, 0.29) is 5.95 Å². The van der Waals surface area contributed by atoms with Gasteiger partial charge in [-0.25, -0.2) is 4.98 Å². The number of nitrogen functional groups attached to an aromatic ring is 1. The number of benzene rings is 2. The van der Waals surface area contributed by atoms with Crippen LogP contribution in [-0.4, -0.2) is 19.6 Å². The van der Waals surface area contributed by atoms with E-state index in [9.17, 15) is 0 Å². The number of anilines is 1. The summed E-state index contributed by atoms with van der Waals surface area (Å²) in [6, 6.07) is 19.8. The highest BCUT2D eigenvalue weighted by atomic mass is 16.5. The van der Waals surface area contributed by atoms with E-state index in [1.54, 1.807) is 10.7 Å². The molecule has 0 saturated heterocycles. The summed E-state index contributed by atoms with van der Waals surface area (Å²) in [6.45, 7) is 0.541. The Bertz CT molecular complexity index is 964. The topological polar surface area (TPSA) is 78.3 Å². The molecule has 0 aliphatic carbocycles. The zero-order valence-electron chi connectivity index (χ0n) is 12.8. The Labute approximate surface area is 138 Å². The highest BCUT2D eigenvalue weighted by Gasteiger charge is 2.08. The minimum atomic E-state index is 0.206. The molecule has 0 bridgehead atoms. The SMILES string of the molecule is Nc1nc2nccc(-c3ccc(OCc4ccccc4)cc3)n2n1. The van der Waals surface area contributed by atoms with Crippen molar-refractivity contribution in [2.45, 2.75) is 6.61 Å². The molecule has 0 amide bonds. The predicted octanol–water partition coefficient (Wildman–Crippen LogP) is 2.95. The Balaban J connectivity index is 1.57. The van der Waals surface area contributed by atoms with Crippen molar-refractivity contribution in [2.75, 3.05) is 5.73 Å². The molecule has 0 atom stereocenters. The average Bonchev–Trinajstić information content (AvgIpc) is 3.01. The van der Waals surface area contributed by atoms with Gasteiger partial charge in [0, 0.05) is 11.8 Å². The zero-order chi connectivity index (χ0) is 16.4. The van der Waals surface area contributed by atoms with Gasteiger partial charge in [0.1, 0.15) is 12.4 Å². The molecule has 6 nitrogen and oxygen atoms in total. The molecular formula is C18H15N5O. The number of hydrogen-bond donors (Lipinski definition) is 1. The highest BCUT2D eigenvalue weighted by molar-refractivity contribution is 5.62. The minimum Gasteiger partial charge on any atom is -0.489 e. The van der Waals surface area contributed by atoms with E-state index < -0.39 is 0 Å². The standard InChI is InChI=1S/C18H15N5O/c19-17-21-18-20-11-10-16(23(18)22-17)14-6-8-15(9-7-14)24-12-13-4-2-1-3-5-13/h1-11H,12H2,(H2,19,22). The maximum absolute atomic E-state index is 5.81. The lowest BCUT2D eigenvalue weighted by Gasteiger charge is -2.08. The smallest absolute Gasteiger partial charge is 0.254 e. The lowest BCUT2D eigenvalue weighted by atomic mass is 10.1. The summed E-state index contributed by atoms with van der Waals surface area (Å²) in [4.78, 5) is 8.23. The summed E-state index contributed by atoms with van der Waals surface area (Å²) in [6.07, 6.45) is 1.69. The van der Waals surface area contributed by atoms with Gasteiger partial charge in [0.15, 0.2) is 0 Å². The van der Waals surface area contributed by atoms with E-state index >= 15 is 0 Å². The maximum Gasteiger partial charge on any atom is 0.254 e. The van der Waals surface area contributed by atoms with Crippen LogP contribution in [0.2, 0.25) is 0 Å². The van der Waals surface area contributed by atoms with Crippen molar-refractivity contribution >= 4 is 11.7 Å². The summed E-state index contributed by atoms with van der Waals surface area (Å²) in [5, 5.41) is 4.18. The molecule has 4 rings (SSSR count). The van der Waals surface area contributed by atoms with Gasteiger partial charge in [-0.1, -0.05) is 30.3 Å². The number of rotatable bonds is 4. The zero-order valence-corrected chi connectivity index (χ0v) is 12.8. The average molecular weight is 317 g/mol. The predicted molar refractivity (Wildman–Crippen MR) is 91.4 cm³/mol. The maximum atomic E-state index is 5.81. The Morgan fingerprint density at radius 2 is 1.75 bits per heavy atom. The minimum absolute atomic E-state index is 0.206. The van der Waals surface area contributed by atoms with Crippen LogP contribution in [0.4, 0.5) is 5.95 Å². The second kappa shape index (κ2) is 6.00. The van der Waals surface area contributed by atoms with Crippen LogP contribution in [0.5, 0.6) is 5.75 Å². The molecular weight excluding hydrogens is 302 g/mol. The molecule has 6 heteroatoms. The summed E-state index contributed by atoms with van der Waals surface area (Å²) in [7, 11) is 0. The Kier molecular flexibility index (Phi) is 3.55. The van der Waals surface area contributed by atoms with Gasteiger partial charge in [0.2, 0.25) is 5.95 Å². The van der Waals surface area contributed by atoms with Crippen molar-refractivity contribution < 1.29 is 4.74 Å². The fourth-order valence-electron chi connectivity index (χ4n) is 2.49. The van der Waals surface area contributed by atoms with Crippen molar-refractivity contribution in [3.05, 3.63) is 72.4 Å². The Hall–Kier alpha value is -3.41. The Morgan fingerprint density at radius 3 is 2.54 bits per heavy atom. The fourth-order valence-corrected chi connectivity index (χ4v) is 2.49.